The Balaban J connectivity index is 3.23. The molecule has 0 unspecified atom stereocenters. The summed E-state index contributed by atoms with van der Waals surface area (Å²) in [5.41, 5.74) is 2.61. The van der Waals surface area contributed by atoms with Crippen LogP contribution in [0.25, 0.3) is 0 Å². The van der Waals surface area contributed by atoms with Crippen LogP contribution in [-0.2, 0) is 16.6 Å². The molecule has 16 heavy (non-hydrogen) atoms. The normalized spacial score (nSPS) is 11.8. The first-order chi connectivity index (χ1) is 7.36. The van der Waals surface area contributed by atoms with E-state index in [0.29, 0.717) is 6.54 Å². The standard InChI is InChI=1S/C11H18N2O2S/c1-4-13-7-10-5-8(2)9(3)11(6-10)16(12,14)15/h5-6,13H,4,7H2,1-3H3,(H2,12,14,15). The van der Waals surface area contributed by atoms with Crippen LogP contribution in [0, 0.1) is 13.8 Å². The first-order valence-corrected chi connectivity index (χ1v) is 6.74. The molecule has 0 heterocycles. The Morgan fingerprint density at radius 2 is 1.94 bits per heavy atom. The van der Waals surface area contributed by atoms with Gasteiger partial charge in [0.15, 0.2) is 0 Å². The van der Waals surface area contributed by atoms with Crippen molar-refractivity contribution >= 4 is 10.0 Å². The van der Waals surface area contributed by atoms with Crippen LogP contribution < -0.4 is 10.5 Å². The molecule has 0 aliphatic carbocycles. The fraction of sp³-hybridized carbons (Fsp3) is 0.455. The van der Waals surface area contributed by atoms with Crippen molar-refractivity contribution in [3.8, 4) is 0 Å². The van der Waals surface area contributed by atoms with E-state index in [0.717, 1.165) is 23.2 Å². The number of primary sulfonamides is 1. The summed E-state index contributed by atoms with van der Waals surface area (Å²) in [5, 5.41) is 8.33. The summed E-state index contributed by atoms with van der Waals surface area (Å²) in [7, 11) is -3.63. The van der Waals surface area contributed by atoms with Crippen LogP contribution in [0.15, 0.2) is 17.0 Å². The van der Waals surface area contributed by atoms with Crippen molar-refractivity contribution < 1.29 is 8.42 Å². The van der Waals surface area contributed by atoms with Crippen LogP contribution in [0.4, 0.5) is 0 Å². The molecule has 0 aromatic heterocycles. The van der Waals surface area contributed by atoms with E-state index in [4.69, 9.17) is 5.14 Å². The number of nitrogens with two attached hydrogens (primary N) is 1. The summed E-state index contributed by atoms with van der Waals surface area (Å²) in [6.45, 7) is 7.16. The van der Waals surface area contributed by atoms with Crippen molar-refractivity contribution in [1.82, 2.24) is 5.32 Å². The second-order valence-electron chi connectivity index (χ2n) is 3.86. The fourth-order valence-corrected chi connectivity index (χ4v) is 2.47. The van der Waals surface area contributed by atoms with Gasteiger partial charge in [-0.15, -0.1) is 0 Å². The van der Waals surface area contributed by atoms with Crippen LogP contribution in [0.2, 0.25) is 0 Å². The Morgan fingerprint density at radius 3 is 2.44 bits per heavy atom. The minimum Gasteiger partial charge on any atom is -0.313 e. The molecule has 3 N–H and O–H groups in total. The summed E-state index contributed by atoms with van der Waals surface area (Å²) in [4.78, 5) is 0.223. The highest BCUT2D eigenvalue weighted by Crippen LogP contribution is 2.19. The summed E-state index contributed by atoms with van der Waals surface area (Å²) < 4.78 is 22.8. The number of hydrogen-bond donors (Lipinski definition) is 2. The van der Waals surface area contributed by atoms with Gasteiger partial charge in [0.05, 0.1) is 4.90 Å². The van der Waals surface area contributed by atoms with Gasteiger partial charge in [-0.05, 0) is 43.1 Å². The summed E-state index contributed by atoms with van der Waals surface area (Å²) >= 11 is 0. The number of hydrogen-bond acceptors (Lipinski definition) is 3. The topological polar surface area (TPSA) is 72.2 Å². The highest BCUT2D eigenvalue weighted by molar-refractivity contribution is 7.89. The average molecular weight is 242 g/mol. The molecule has 1 aromatic rings. The zero-order valence-electron chi connectivity index (χ0n) is 9.87. The molecule has 1 aromatic carbocycles. The third-order valence-electron chi connectivity index (χ3n) is 2.57. The lowest BCUT2D eigenvalue weighted by Crippen LogP contribution is -2.17. The predicted octanol–water partition coefficient (Wildman–Crippen LogP) is 1.06. The second kappa shape index (κ2) is 4.95. The van der Waals surface area contributed by atoms with E-state index in [9.17, 15) is 8.42 Å². The summed E-state index contributed by atoms with van der Waals surface area (Å²) in [6.07, 6.45) is 0. The SMILES string of the molecule is CCNCc1cc(C)c(C)c(S(N)(=O)=O)c1. The monoisotopic (exact) mass is 242 g/mol. The van der Waals surface area contributed by atoms with Gasteiger partial charge < -0.3 is 5.32 Å². The maximum absolute atomic E-state index is 11.4. The third-order valence-corrected chi connectivity index (χ3v) is 3.60. The van der Waals surface area contributed by atoms with Crippen LogP contribution in [0.5, 0.6) is 0 Å². The van der Waals surface area contributed by atoms with Crippen molar-refractivity contribution in [3.63, 3.8) is 0 Å². The zero-order chi connectivity index (χ0) is 12.3. The number of benzene rings is 1. The van der Waals surface area contributed by atoms with Crippen molar-refractivity contribution in [3.05, 3.63) is 28.8 Å². The van der Waals surface area contributed by atoms with Crippen LogP contribution in [0.3, 0.4) is 0 Å². The predicted molar refractivity (Wildman–Crippen MR) is 64.7 cm³/mol. The number of rotatable bonds is 4. The largest absolute Gasteiger partial charge is 0.313 e. The van der Waals surface area contributed by atoms with Crippen molar-refractivity contribution in [2.45, 2.75) is 32.2 Å². The second-order valence-corrected chi connectivity index (χ2v) is 5.39. The molecule has 0 fully saturated rings. The van der Waals surface area contributed by atoms with E-state index in [1.165, 1.54) is 0 Å². The van der Waals surface area contributed by atoms with Gasteiger partial charge in [0, 0.05) is 6.54 Å². The van der Waals surface area contributed by atoms with E-state index >= 15 is 0 Å². The molecule has 0 bridgehead atoms. The highest BCUT2D eigenvalue weighted by Gasteiger charge is 2.14. The Kier molecular flexibility index (Phi) is 4.07. The Morgan fingerprint density at radius 1 is 1.31 bits per heavy atom. The summed E-state index contributed by atoms with van der Waals surface area (Å²) in [5.74, 6) is 0. The van der Waals surface area contributed by atoms with E-state index < -0.39 is 10.0 Å². The zero-order valence-corrected chi connectivity index (χ0v) is 10.7. The van der Waals surface area contributed by atoms with Crippen LogP contribution in [-0.4, -0.2) is 15.0 Å². The number of nitrogens with one attached hydrogen (secondary N) is 1. The first-order valence-electron chi connectivity index (χ1n) is 5.20. The number of aryl methyl sites for hydroxylation is 1. The lowest BCUT2D eigenvalue weighted by atomic mass is 10.1. The summed E-state index contributed by atoms with van der Waals surface area (Å²) in [6, 6.07) is 3.62. The minimum atomic E-state index is -3.63. The molecular formula is C11H18N2O2S. The van der Waals surface area contributed by atoms with Crippen LogP contribution >= 0.6 is 0 Å². The van der Waals surface area contributed by atoms with Gasteiger partial charge in [0.2, 0.25) is 10.0 Å². The van der Waals surface area contributed by atoms with E-state index in [1.54, 1.807) is 13.0 Å². The maximum Gasteiger partial charge on any atom is 0.238 e. The fourth-order valence-electron chi connectivity index (χ4n) is 1.57. The molecule has 0 radical (unpaired) electrons. The molecule has 0 atom stereocenters. The molecule has 1 rings (SSSR count). The van der Waals surface area contributed by atoms with Gasteiger partial charge in [0.1, 0.15) is 0 Å². The maximum atomic E-state index is 11.4. The third kappa shape index (κ3) is 3.04. The Hall–Kier alpha value is -0.910. The van der Waals surface area contributed by atoms with Gasteiger partial charge in [-0.3, -0.25) is 0 Å². The molecule has 0 amide bonds. The van der Waals surface area contributed by atoms with Crippen molar-refractivity contribution in [2.24, 2.45) is 5.14 Å². The van der Waals surface area contributed by atoms with Crippen LogP contribution in [0.1, 0.15) is 23.6 Å². The molecule has 0 saturated heterocycles. The molecule has 0 spiro atoms. The van der Waals surface area contributed by atoms with E-state index in [2.05, 4.69) is 5.32 Å². The molecule has 4 nitrogen and oxygen atoms in total. The van der Waals surface area contributed by atoms with Gasteiger partial charge in [-0.2, -0.15) is 0 Å². The molecule has 0 saturated carbocycles. The highest BCUT2D eigenvalue weighted by atomic mass is 32.2. The van der Waals surface area contributed by atoms with Gasteiger partial charge in [-0.25, -0.2) is 13.6 Å². The van der Waals surface area contributed by atoms with Gasteiger partial charge in [-0.1, -0.05) is 13.0 Å². The number of sulfonamides is 1. The molecule has 5 heteroatoms. The minimum absolute atomic E-state index is 0.223. The quantitative estimate of drug-likeness (QED) is 0.829. The molecule has 0 aliphatic rings. The molecular weight excluding hydrogens is 224 g/mol. The Bertz CT molecular complexity index is 481. The first kappa shape index (κ1) is 13.2. The van der Waals surface area contributed by atoms with E-state index in [-0.39, 0.29) is 4.90 Å². The van der Waals surface area contributed by atoms with Gasteiger partial charge in [0.25, 0.3) is 0 Å². The Labute approximate surface area is 96.9 Å². The lowest BCUT2D eigenvalue weighted by molar-refractivity contribution is 0.596. The van der Waals surface area contributed by atoms with Crippen molar-refractivity contribution in [1.29, 1.82) is 0 Å². The van der Waals surface area contributed by atoms with Gasteiger partial charge >= 0.3 is 0 Å². The van der Waals surface area contributed by atoms with E-state index in [1.807, 2.05) is 19.9 Å². The molecule has 0 aliphatic heterocycles. The smallest absolute Gasteiger partial charge is 0.238 e. The lowest BCUT2D eigenvalue weighted by Gasteiger charge is -2.10. The van der Waals surface area contributed by atoms with Crippen molar-refractivity contribution in [2.75, 3.05) is 6.54 Å². The molecule has 90 valence electrons. The average Bonchev–Trinajstić information content (AvgIpc) is 2.17.